The van der Waals surface area contributed by atoms with Gasteiger partial charge in [-0.15, -0.1) is 0 Å². The van der Waals surface area contributed by atoms with Gasteiger partial charge in [-0.1, -0.05) is 0 Å². The van der Waals surface area contributed by atoms with Crippen molar-refractivity contribution in [2.75, 3.05) is 39.4 Å². The van der Waals surface area contributed by atoms with Crippen molar-refractivity contribution in [1.82, 2.24) is 9.80 Å². The van der Waals surface area contributed by atoms with E-state index in [4.69, 9.17) is 13.9 Å². The summed E-state index contributed by atoms with van der Waals surface area (Å²) >= 11 is 0. The Kier molecular flexibility index (Phi) is 4.05. The molecule has 0 radical (unpaired) electrons. The lowest BCUT2D eigenvalue weighted by molar-refractivity contribution is 0.0534. The summed E-state index contributed by atoms with van der Waals surface area (Å²) in [5, 5.41) is 0. The average molecular weight is 342 g/mol. The zero-order chi connectivity index (χ0) is 17.2. The van der Waals surface area contributed by atoms with Crippen LogP contribution >= 0.6 is 0 Å². The van der Waals surface area contributed by atoms with Gasteiger partial charge in [-0.3, -0.25) is 9.59 Å². The number of hydrogen-bond acceptors (Lipinski definition) is 5. The highest BCUT2D eigenvalue weighted by molar-refractivity contribution is 5.96. The van der Waals surface area contributed by atoms with Crippen molar-refractivity contribution in [3.8, 4) is 11.5 Å². The molecule has 2 aromatic rings. The lowest BCUT2D eigenvalue weighted by atomic mass is 10.1. The lowest BCUT2D eigenvalue weighted by Gasteiger charge is -2.34. The molecule has 0 spiro atoms. The van der Waals surface area contributed by atoms with E-state index in [0.29, 0.717) is 62.0 Å². The second kappa shape index (κ2) is 6.51. The molecule has 7 nitrogen and oxygen atoms in total. The van der Waals surface area contributed by atoms with Gasteiger partial charge in [0.15, 0.2) is 11.5 Å². The molecule has 7 heteroatoms. The van der Waals surface area contributed by atoms with E-state index in [-0.39, 0.29) is 11.8 Å². The predicted molar refractivity (Wildman–Crippen MR) is 87.9 cm³/mol. The van der Waals surface area contributed by atoms with E-state index >= 15 is 0 Å². The second-order valence-electron chi connectivity index (χ2n) is 5.95. The molecule has 0 N–H and O–H groups in total. The maximum atomic E-state index is 12.7. The van der Waals surface area contributed by atoms with Gasteiger partial charge in [0.2, 0.25) is 0 Å². The predicted octanol–water partition coefficient (Wildman–Crippen LogP) is 1.65. The van der Waals surface area contributed by atoms with E-state index in [1.807, 2.05) is 0 Å². The number of nitrogens with zero attached hydrogens (tertiary/aromatic N) is 2. The van der Waals surface area contributed by atoms with E-state index in [1.54, 1.807) is 34.1 Å². The molecule has 0 bridgehead atoms. The summed E-state index contributed by atoms with van der Waals surface area (Å²) in [6, 6.07) is 6.88. The first-order chi connectivity index (χ1) is 12.2. The molecule has 130 valence electrons. The van der Waals surface area contributed by atoms with Gasteiger partial charge in [0.05, 0.1) is 11.8 Å². The molecule has 2 aliphatic rings. The summed E-state index contributed by atoms with van der Waals surface area (Å²) in [5.41, 5.74) is 1.10. The van der Waals surface area contributed by atoms with Gasteiger partial charge in [0.1, 0.15) is 19.5 Å². The number of rotatable bonds is 2. The molecule has 0 aliphatic carbocycles. The lowest BCUT2D eigenvalue weighted by Crippen LogP contribution is -2.50. The number of fused-ring (bicyclic) bond motifs is 1. The Morgan fingerprint density at radius 1 is 0.800 bits per heavy atom. The second-order valence-corrected chi connectivity index (χ2v) is 5.95. The van der Waals surface area contributed by atoms with Crippen LogP contribution in [-0.4, -0.2) is 61.0 Å². The van der Waals surface area contributed by atoms with Crippen LogP contribution in [0, 0.1) is 0 Å². The zero-order valence-corrected chi connectivity index (χ0v) is 13.6. The van der Waals surface area contributed by atoms with Crippen LogP contribution in [0.15, 0.2) is 41.2 Å². The van der Waals surface area contributed by atoms with Crippen LogP contribution < -0.4 is 9.47 Å². The highest BCUT2D eigenvalue weighted by atomic mass is 16.6. The number of furan rings is 1. The maximum absolute atomic E-state index is 12.7. The first-order valence-corrected chi connectivity index (χ1v) is 8.23. The minimum absolute atomic E-state index is 0.0626. The van der Waals surface area contributed by atoms with Gasteiger partial charge < -0.3 is 23.7 Å². The van der Waals surface area contributed by atoms with E-state index in [9.17, 15) is 9.59 Å². The number of ether oxygens (including phenoxy) is 2. The number of amides is 2. The van der Waals surface area contributed by atoms with Crippen LogP contribution in [0.25, 0.3) is 0 Å². The number of piperazine rings is 1. The van der Waals surface area contributed by atoms with Gasteiger partial charge in [0, 0.05) is 31.7 Å². The standard InChI is InChI=1S/C18H18N2O5/c21-17(13-1-2-15-16(11-13)25-10-9-24-15)19-4-6-20(7-5-19)18(22)14-3-8-23-12-14/h1-3,8,11-12H,4-7,9-10H2. The van der Waals surface area contributed by atoms with E-state index in [0.717, 1.165) is 0 Å². The topological polar surface area (TPSA) is 72.2 Å². The Morgan fingerprint density at radius 2 is 1.44 bits per heavy atom. The SMILES string of the molecule is O=C(c1ccoc1)N1CCN(C(=O)c2ccc3c(c2)OCCO3)CC1. The van der Waals surface area contributed by atoms with Crippen molar-refractivity contribution >= 4 is 11.8 Å². The van der Waals surface area contributed by atoms with Gasteiger partial charge in [-0.05, 0) is 24.3 Å². The fourth-order valence-corrected chi connectivity index (χ4v) is 3.04. The molecule has 2 aliphatic heterocycles. The Bertz CT molecular complexity index is 779. The Hall–Kier alpha value is -2.96. The molecule has 0 atom stereocenters. The molecule has 1 aromatic heterocycles. The molecule has 4 rings (SSSR count). The smallest absolute Gasteiger partial charge is 0.257 e. The Morgan fingerprint density at radius 3 is 2.08 bits per heavy atom. The summed E-state index contributed by atoms with van der Waals surface area (Å²) in [6.07, 6.45) is 2.92. The highest BCUT2D eigenvalue weighted by Gasteiger charge is 2.26. The van der Waals surface area contributed by atoms with Crippen molar-refractivity contribution < 1.29 is 23.5 Å². The van der Waals surface area contributed by atoms with Gasteiger partial charge in [-0.2, -0.15) is 0 Å². The van der Waals surface area contributed by atoms with Crippen molar-refractivity contribution in [2.24, 2.45) is 0 Å². The fourth-order valence-electron chi connectivity index (χ4n) is 3.04. The average Bonchev–Trinajstić information content (AvgIpc) is 3.21. The van der Waals surface area contributed by atoms with Crippen LogP contribution in [0.4, 0.5) is 0 Å². The van der Waals surface area contributed by atoms with Crippen molar-refractivity contribution in [1.29, 1.82) is 0 Å². The molecule has 2 amide bonds. The molecule has 25 heavy (non-hydrogen) atoms. The van der Waals surface area contributed by atoms with Crippen molar-refractivity contribution in [3.05, 3.63) is 47.9 Å². The fraction of sp³-hybridized carbons (Fsp3) is 0.333. The number of benzene rings is 1. The number of hydrogen-bond donors (Lipinski definition) is 0. The summed E-state index contributed by atoms with van der Waals surface area (Å²) in [5.74, 6) is 1.14. The third kappa shape index (κ3) is 3.05. The summed E-state index contributed by atoms with van der Waals surface area (Å²) < 4.78 is 16.0. The third-order valence-corrected chi connectivity index (χ3v) is 4.41. The van der Waals surface area contributed by atoms with Crippen LogP contribution in [0.1, 0.15) is 20.7 Å². The van der Waals surface area contributed by atoms with Crippen molar-refractivity contribution in [3.63, 3.8) is 0 Å². The molecular weight excluding hydrogens is 324 g/mol. The van der Waals surface area contributed by atoms with E-state index in [2.05, 4.69) is 0 Å². The van der Waals surface area contributed by atoms with Crippen LogP contribution in [0.5, 0.6) is 11.5 Å². The normalized spacial score (nSPS) is 16.6. The number of carbonyl (C=O) groups is 2. The largest absolute Gasteiger partial charge is 0.486 e. The molecule has 0 unspecified atom stereocenters. The molecule has 0 saturated carbocycles. The first kappa shape index (κ1) is 15.6. The summed E-state index contributed by atoms with van der Waals surface area (Å²) in [4.78, 5) is 28.5. The highest BCUT2D eigenvalue weighted by Crippen LogP contribution is 2.31. The van der Waals surface area contributed by atoms with Crippen LogP contribution in [0.3, 0.4) is 0 Å². The van der Waals surface area contributed by atoms with Gasteiger partial charge >= 0.3 is 0 Å². The molecule has 1 fully saturated rings. The number of carbonyl (C=O) groups excluding carboxylic acids is 2. The third-order valence-electron chi connectivity index (χ3n) is 4.41. The monoisotopic (exact) mass is 342 g/mol. The molecule has 1 saturated heterocycles. The molecule has 3 heterocycles. The van der Waals surface area contributed by atoms with Gasteiger partial charge in [0.25, 0.3) is 11.8 Å². The minimum Gasteiger partial charge on any atom is -0.486 e. The van der Waals surface area contributed by atoms with Crippen molar-refractivity contribution in [2.45, 2.75) is 0 Å². The summed E-state index contributed by atoms with van der Waals surface area (Å²) in [6.45, 7) is 3.00. The zero-order valence-electron chi connectivity index (χ0n) is 13.6. The Labute approximate surface area is 144 Å². The molecule has 1 aromatic carbocycles. The van der Waals surface area contributed by atoms with Gasteiger partial charge in [-0.25, -0.2) is 0 Å². The van der Waals surface area contributed by atoms with Crippen LogP contribution in [-0.2, 0) is 0 Å². The quantitative estimate of drug-likeness (QED) is 0.830. The maximum Gasteiger partial charge on any atom is 0.257 e. The first-order valence-electron chi connectivity index (χ1n) is 8.23. The summed E-state index contributed by atoms with van der Waals surface area (Å²) in [7, 11) is 0. The van der Waals surface area contributed by atoms with E-state index in [1.165, 1.54) is 12.5 Å². The molecular formula is C18H18N2O5. The van der Waals surface area contributed by atoms with E-state index < -0.39 is 0 Å². The minimum atomic E-state index is -0.0693. The van der Waals surface area contributed by atoms with Crippen LogP contribution in [0.2, 0.25) is 0 Å². The Balaban J connectivity index is 1.40.